The van der Waals surface area contributed by atoms with Gasteiger partial charge >= 0.3 is 6.18 Å². The zero-order valence-corrected chi connectivity index (χ0v) is 10.4. The van der Waals surface area contributed by atoms with E-state index < -0.39 is 11.7 Å². The Hall–Kier alpha value is -2.02. The molecule has 0 bridgehead atoms. The molecular weight excluding hydrogens is 275 g/mol. The first-order valence-corrected chi connectivity index (χ1v) is 5.70. The van der Waals surface area contributed by atoms with Crippen molar-refractivity contribution in [2.45, 2.75) is 6.18 Å². The average Bonchev–Trinajstić information content (AvgIpc) is 2.80. The third-order valence-electron chi connectivity index (χ3n) is 2.45. The van der Waals surface area contributed by atoms with E-state index in [0.717, 1.165) is 6.07 Å². The van der Waals surface area contributed by atoms with Crippen molar-refractivity contribution in [3.63, 3.8) is 0 Å². The summed E-state index contributed by atoms with van der Waals surface area (Å²) in [6.07, 6.45) is -1.37. The van der Waals surface area contributed by atoms with Crippen molar-refractivity contribution >= 4 is 23.0 Å². The molecule has 0 unspecified atom stereocenters. The molecule has 7 heteroatoms. The van der Waals surface area contributed by atoms with Crippen LogP contribution in [0.3, 0.4) is 0 Å². The molecule has 0 spiro atoms. The highest BCUT2D eigenvalue weighted by Gasteiger charge is 2.34. The number of hydrogen-bond donors (Lipinski definition) is 2. The molecule has 100 valence electrons. The van der Waals surface area contributed by atoms with Crippen LogP contribution in [0.15, 0.2) is 42.7 Å². The number of thiocarbonyl (C=S) groups is 1. The molecule has 19 heavy (non-hydrogen) atoms. The van der Waals surface area contributed by atoms with Crippen LogP contribution in [0.2, 0.25) is 0 Å². The zero-order chi connectivity index (χ0) is 14.0. The maximum absolute atomic E-state index is 13.1. The highest BCUT2D eigenvalue weighted by atomic mass is 32.1. The van der Waals surface area contributed by atoms with Crippen LogP contribution in [0, 0.1) is 0 Å². The average molecular weight is 285 g/mol. The monoisotopic (exact) mass is 285 g/mol. The number of aromatic nitrogens is 1. The van der Waals surface area contributed by atoms with Crippen LogP contribution >= 0.6 is 12.2 Å². The van der Waals surface area contributed by atoms with Gasteiger partial charge in [-0.3, -0.25) is 0 Å². The summed E-state index contributed by atoms with van der Waals surface area (Å²) in [6.45, 7) is 0. The molecule has 0 amide bonds. The third kappa shape index (κ3) is 3.05. The van der Waals surface area contributed by atoms with Crippen molar-refractivity contribution in [1.82, 2.24) is 4.57 Å². The number of nitrogens with one attached hydrogen (secondary N) is 1. The van der Waals surface area contributed by atoms with E-state index in [2.05, 4.69) is 17.5 Å². The number of alkyl halides is 3. The Morgan fingerprint density at radius 3 is 2.37 bits per heavy atom. The first-order chi connectivity index (χ1) is 8.88. The second-order valence-electron chi connectivity index (χ2n) is 3.81. The van der Waals surface area contributed by atoms with Crippen LogP contribution in [-0.2, 0) is 6.18 Å². The van der Waals surface area contributed by atoms with Gasteiger partial charge in [-0.25, -0.2) is 0 Å². The summed E-state index contributed by atoms with van der Waals surface area (Å²) in [5, 5.41) is 2.41. The normalized spacial score (nSPS) is 11.3. The molecule has 1 aromatic carbocycles. The summed E-state index contributed by atoms with van der Waals surface area (Å²) < 4.78 is 40.6. The van der Waals surface area contributed by atoms with Gasteiger partial charge in [-0.15, -0.1) is 0 Å². The third-order valence-corrected chi connectivity index (χ3v) is 2.55. The van der Waals surface area contributed by atoms with Crippen LogP contribution in [0.5, 0.6) is 0 Å². The summed E-state index contributed by atoms with van der Waals surface area (Å²) in [6, 6.07) is 7.14. The van der Waals surface area contributed by atoms with E-state index in [1.165, 1.54) is 16.7 Å². The lowest BCUT2D eigenvalue weighted by atomic mass is 10.1. The highest BCUT2D eigenvalue weighted by Crippen LogP contribution is 2.35. The summed E-state index contributed by atoms with van der Waals surface area (Å²) >= 11 is 4.61. The lowest BCUT2D eigenvalue weighted by Crippen LogP contribution is -2.19. The van der Waals surface area contributed by atoms with Crippen LogP contribution in [0.4, 0.5) is 18.9 Å². The number of rotatable bonds is 2. The molecule has 1 heterocycles. The van der Waals surface area contributed by atoms with E-state index in [1.54, 1.807) is 24.5 Å². The topological polar surface area (TPSA) is 43.0 Å². The maximum atomic E-state index is 13.1. The quantitative estimate of drug-likeness (QED) is 0.833. The Kier molecular flexibility index (Phi) is 3.48. The molecule has 0 saturated heterocycles. The van der Waals surface area contributed by atoms with E-state index in [9.17, 15) is 13.2 Å². The van der Waals surface area contributed by atoms with Gasteiger partial charge in [0.15, 0.2) is 5.11 Å². The second-order valence-corrected chi connectivity index (χ2v) is 4.25. The molecule has 1 aromatic heterocycles. The van der Waals surface area contributed by atoms with Crippen molar-refractivity contribution in [1.29, 1.82) is 0 Å². The SMILES string of the molecule is NC(=S)Nc1ccc(-n2cccc2)c(C(F)(F)F)c1. The Labute approximate surface area is 112 Å². The number of benzene rings is 1. The lowest BCUT2D eigenvalue weighted by molar-refractivity contribution is -0.137. The van der Waals surface area contributed by atoms with E-state index in [4.69, 9.17) is 5.73 Å². The summed E-state index contributed by atoms with van der Waals surface area (Å²) in [7, 11) is 0. The summed E-state index contributed by atoms with van der Waals surface area (Å²) in [4.78, 5) is 0. The lowest BCUT2D eigenvalue weighted by Gasteiger charge is -2.15. The van der Waals surface area contributed by atoms with Gasteiger partial charge in [-0.05, 0) is 42.5 Å². The van der Waals surface area contributed by atoms with E-state index in [-0.39, 0.29) is 16.5 Å². The van der Waals surface area contributed by atoms with Crippen LogP contribution < -0.4 is 11.1 Å². The summed E-state index contributed by atoms with van der Waals surface area (Å²) in [5.74, 6) is 0. The largest absolute Gasteiger partial charge is 0.418 e. The predicted octanol–water partition coefficient (Wildman–Crippen LogP) is 3.15. The predicted molar refractivity (Wildman–Crippen MR) is 71.2 cm³/mol. The molecule has 3 nitrogen and oxygen atoms in total. The van der Waals surface area contributed by atoms with Gasteiger partial charge < -0.3 is 15.6 Å². The molecule has 2 rings (SSSR count). The number of nitrogens with zero attached hydrogens (tertiary/aromatic N) is 1. The number of nitrogens with two attached hydrogens (primary N) is 1. The molecule has 0 atom stereocenters. The molecule has 0 aliphatic carbocycles. The molecule has 0 aliphatic rings. The maximum Gasteiger partial charge on any atom is 0.418 e. The molecule has 0 radical (unpaired) electrons. The zero-order valence-electron chi connectivity index (χ0n) is 9.61. The number of halogens is 3. The van der Waals surface area contributed by atoms with Crippen molar-refractivity contribution in [2.75, 3.05) is 5.32 Å². The molecule has 3 N–H and O–H groups in total. The molecule has 2 aromatic rings. The van der Waals surface area contributed by atoms with Crippen molar-refractivity contribution < 1.29 is 13.2 Å². The molecule has 0 fully saturated rings. The van der Waals surface area contributed by atoms with Gasteiger partial charge in [0, 0.05) is 18.1 Å². The fourth-order valence-electron chi connectivity index (χ4n) is 1.70. The van der Waals surface area contributed by atoms with Crippen LogP contribution in [0.25, 0.3) is 5.69 Å². The Morgan fingerprint density at radius 1 is 1.21 bits per heavy atom. The second kappa shape index (κ2) is 4.93. The molecule has 0 aliphatic heterocycles. The first-order valence-electron chi connectivity index (χ1n) is 5.29. The van der Waals surface area contributed by atoms with Gasteiger partial charge in [0.05, 0.1) is 11.3 Å². The Bertz CT molecular complexity index is 591. The first kappa shape index (κ1) is 13.4. The van der Waals surface area contributed by atoms with Gasteiger partial charge in [0.1, 0.15) is 0 Å². The smallest absolute Gasteiger partial charge is 0.376 e. The van der Waals surface area contributed by atoms with Gasteiger partial charge in [-0.2, -0.15) is 13.2 Å². The standard InChI is InChI=1S/C12H10F3N3S/c13-12(14,15)9-7-8(17-11(16)19)3-4-10(9)18-5-1-2-6-18/h1-7H,(H3,16,17,19). The van der Waals surface area contributed by atoms with Gasteiger partial charge in [0.2, 0.25) is 0 Å². The highest BCUT2D eigenvalue weighted by molar-refractivity contribution is 7.80. The van der Waals surface area contributed by atoms with E-state index in [1.807, 2.05) is 0 Å². The number of hydrogen-bond acceptors (Lipinski definition) is 1. The number of anilines is 1. The minimum atomic E-state index is -4.46. The van der Waals surface area contributed by atoms with Crippen LogP contribution in [-0.4, -0.2) is 9.68 Å². The summed E-state index contributed by atoms with van der Waals surface area (Å²) in [5.41, 5.74) is 4.74. The molecule has 0 saturated carbocycles. The van der Waals surface area contributed by atoms with Crippen molar-refractivity contribution in [3.8, 4) is 5.69 Å². The fourth-order valence-corrected chi connectivity index (χ4v) is 1.82. The minimum absolute atomic E-state index is 0.0472. The van der Waals surface area contributed by atoms with Gasteiger partial charge in [0.25, 0.3) is 0 Å². The fraction of sp³-hybridized carbons (Fsp3) is 0.0833. The van der Waals surface area contributed by atoms with Gasteiger partial charge in [-0.1, -0.05) is 0 Å². The minimum Gasteiger partial charge on any atom is -0.376 e. The Morgan fingerprint density at radius 2 is 1.84 bits per heavy atom. The Balaban J connectivity index is 2.53. The van der Waals surface area contributed by atoms with Crippen molar-refractivity contribution in [2.24, 2.45) is 5.73 Å². The van der Waals surface area contributed by atoms with E-state index >= 15 is 0 Å². The molecular formula is C12H10F3N3S. The van der Waals surface area contributed by atoms with E-state index in [0.29, 0.717) is 0 Å². The van der Waals surface area contributed by atoms with Crippen molar-refractivity contribution in [3.05, 3.63) is 48.3 Å². The van der Waals surface area contributed by atoms with Crippen LogP contribution in [0.1, 0.15) is 5.56 Å².